The van der Waals surface area contributed by atoms with Crippen LogP contribution in [-0.4, -0.2) is 23.7 Å². The van der Waals surface area contributed by atoms with Gasteiger partial charge in [-0.25, -0.2) is 14.3 Å². The number of hydrogen-bond acceptors (Lipinski definition) is 4. The summed E-state index contributed by atoms with van der Waals surface area (Å²) in [5.41, 5.74) is 0.134. The van der Waals surface area contributed by atoms with Gasteiger partial charge >= 0.3 is 5.69 Å². The van der Waals surface area contributed by atoms with Gasteiger partial charge in [0.05, 0.1) is 5.69 Å². The molecule has 0 saturated heterocycles. The van der Waals surface area contributed by atoms with Crippen molar-refractivity contribution in [1.29, 1.82) is 0 Å². The maximum Gasteiger partial charge on any atom is 0.365 e. The molecule has 0 fully saturated rings. The Balaban J connectivity index is 2.36. The van der Waals surface area contributed by atoms with Crippen molar-refractivity contribution in [2.75, 3.05) is 0 Å². The Morgan fingerprint density at radius 2 is 2.38 bits per heavy atom. The third-order valence-corrected chi connectivity index (χ3v) is 3.23. The number of nitrogens with zero attached hydrogens (tertiary/aromatic N) is 3. The van der Waals surface area contributed by atoms with Crippen LogP contribution in [0, 0.1) is 0 Å². The molecule has 0 aliphatic heterocycles. The van der Waals surface area contributed by atoms with E-state index in [0.717, 1.165) is 21.3 Å². The Hall–Kier alpha value is -0.900. The predicted molar refractivity (Wildman–Crippen MR) is 66.8 cm³/mol. The minimum absolute atomic E-state index is 0.423. The summed E-state index contributed by atoms with van der Waals surface area (Å²) in [6.07, 6.45) is 0. The molecule has 0 spiro atoms. The van der Waals surface area contributed by atoms with E-state index >= 15 is 0 Å². The molecule has 5 nitrogen and oxygen atoms in total. The second-order valence-electron chi connectivity index (χ2n) is 2.79. The number of rotatable bonds is 3. The van der Waals surface area contributed by atoms with E-state index in [-0.39, 0.29) is 0 Å². The lowest BCUT2D eigenvalue weighted by Gasteiger charge is -2.03. The van der Waals surface area contributed by atoms with E-state index in [4.69, 9.17) is 0 Å². The van der Waals surface area contributed by atoms with Crippen LogP contribution in [0.15, 0.2) is 34.0 Å². The highest BCUT2D eigenvalue weighted by Crippen LogP contribution is 2.29. The Labute approximate surface area is 108 Å². The minimum atomic E-state index is -1.03. The fourth-order valence-electron chi connectivity index (χ4n) is 1.16. The van der Waals surface area contributed by atoms with Crippen LogP contribution < -0.4 is 5.69 Å². The number of H-pyrrole nitrogens is 1. The van der Waals surface area contributed by atoms with Gasteiger partial charge in [-0.1, -0.05) is 17.8 Å². The number of hydrogen-bond donors (Lipinski definition) is 1. The van der Waals surface area contributed by atoms with Crippen molar-refractivity contribution >= 4 is 34.4 Å². The molecule has 0 aliphatic carbocycles. The molecule has 0 saturated carbocycles. The van der Waals surface area contributed by atoms with Crippen molar-refractivity contribution in [3.05, 3.63) is 34.7 Å². The van der Waals surface area contributed by atoms with Crippen molar-refractivity contribution in [3.8, 4) is 5.69 Å². The van der Waals surface area contributed by atoms with Crippen molar-refractivity contribution in [2.45, 2.75) is 8.41 Å². The molecule has 0 radical (unpaired) electrons. The Morgan fingerprint density at radius 1 is 1.56 bits per heavy atom. The fourth-order valence-corrected chi connectivity index (χ4v) is 2.59. The van der Waals surface area contributed by atoms with Gasteiger partial charge in [0.25, 0.3) is 0 Å². The van der Waals surface area contributed by atoms with Gasteiger partial charge < -0.3 is 0 Å². The summed E-state index contributed by atoms with van der Waals surface area (Å²) in [6.45, 7) is 0. The number of thioether (sulfide) groups is 1. The number of aromatic nitrogens is 4. The minimum Gasteiger partial charge on any atom is -0.244 e. The average Bonchev–Trinajstić information content (AvgIpc) is 2.64. The summed E-state index contributed by atoms with van der Waals surface area (Å²) < 4.78 is 12.9. The first-order valence-electron chi connectivity index (χ1n) is 4.22. The predicted octanol–water partition coefficient (Wildman–Crippen LogP) is 1.74. The van der Waals surface area contributed by atoms with Crippen molar-refractivity contribution in [3.63, 3.8) is 0 Å². The van der Waals surface area contributed by atoms with Gasteiger partial charge in [0, 0.05) is 4.90 Å². The highest BCUT2D eigenvalue weighted by Gasteiger charge is 2.06. The summed E-state index contributed by atoms with van der Waals surface area (Å²) in [6, 6.07) is 6.89. The molecule has 2 rings (SSSR count). The molecule has 0 bridgehead atoms. The lowest BCUT2D eigenvalue weighted by atomic mass is 10.3. The number of tetrazole rings is 1. The normalized spacial score (nSPS) is 12.6. The van der Waals surface area contributed by atoms with Crippen LogP contribution in [0.1, 0.15) is 0 Å². The molecule has 1 atom stereocenters. The third kappa shape index (κ3) is 2.61. The zero-order valence-corrected chi connectivity index (χ0v) is 10.8. The van der Waals surface area contributed by atoms with Crippen molar-refractivity contribution in [2.24, 2.45) is 0 Å². The number of nitrogens with one attached hydrogen (secondary N) is 1. The van der Waals surface area contributed by atoms with Crippen LogP contribution in [0.2, 0.25) is 0 Å². The highest BCUT2D eigenvalue weighted by atomic mass is 127. The zero-order valence-electron chi connectivity index (χ0n) is 7.80. The average molecular weight is 352 g/mol. The Bertz CT molecular complexity index is 541. The van der Waals surface area contributed by atoms with Gasteiger partial charge in [0.2, 0.25) is 3.51 Å². The van der Waals surface area contributed by atoms with Crippen LogP contribution in [-0.2, 0) is 0 Å². The van der Waals surface area contributed by atoms with E-state index in [1.807, 2.05) is 0 Å². The second kappa shape index (κ2) is 4.95. The van der Waals surface area contributed by atoms with Gasteiger partial charge in [-0.3, -0.25) is 0 Å². The molecule has 1 heterocycles. The maximum atomic E-state index is 12.8. The van der Waals surface area contributed by atoms with Gasteiger partial charge in [0.1, 0.15) is 0 Å². The largest absolute Gasteiger partial charge is 0.365 e. The van der Waals surface area contributed by atoms with Crippen molar-refractivity contribution in [1.82, 2.24) is 20.2 Å². The van der Waals surface area contributed by atoms with Gasteiger partial charge in [0.15, 0.2) is 0 Å². The van der Waals surface area contributed by atoms with Crippen LogP contribution >= 0.6 is 34.4 Å². The molecule has 1 unspecified atom stereocenters. The molecule has 0 amide bonds. The molecule has 84 valence electrons. The number of halogens is 2. The quantitative estimate of drug-likeness (QED) is 0.519. The van der Waals surface area contributed by atoms with Crippen LogP contribution in [0.25, 0.3) is 5.69 Å². The Morgan fingerprint density at radius 3 is 3.00 bits per heavy atom. The van der Waals surface area contributed by atoms with Crippen molar-refractivity contribution < 1.29 is 4.39 Å². The van der Waals surface area contributed by atoms with Crippen LogP contribution in [0.4, 0.5) is 4.39 Å². The first-order valence-corrected chi connectivity index (χ1v) is 6.35. The molecular formula is C8H6FIN4OS. The smallest absolute Gasteiger partial charge is 0.244 e. The standard InChI is InChI=1S/C8H6FIN4OS/c9-7(10)16-6-3-1-2-5(4-6)14-8(15)11-12-13-14/h1-4,7H,(H,11,13,15). The van der Waals surface area contributed by atoms with E-state index in [1.54, 1.807) is 46.9 Å². The summed E-state index contributed by atoms with van der Waals surface area (Å²) >= 11 is 2.73. The number of aromatic amines is 1. The summed E-state index contributed by atoms with van der Waals surface area (Å²) in [5, 5.41) is 9.17. The fraction of sp³-hybridized carbons (Fsp3) is 0.125. The van der Waals surface area contributed by atoms with E-state index in [2.05, 4.69) is 15.5 Å². The molecule has 2 aromatic rings. The summed E-state index contributed by atoms with van der Waals surface area (Å²) in [7, 11) is 0. The molecule has 1 aromatic heterocycles. The van der Waals surface area contributed by atoms with Crippen LogP contribution in [0.3, 0.4) is 0 Å². The second-order valence-corrected chi connectivity index (χ2v) is 5.85. The van der Waals surface area contributed by atoms with E-state index in [1.165, 1.54) is 0 Å². The van der Waals surface area contributed by atoms with Gasteiger partial charge in [-0.2, -0.15) is 4.68 Å². The lowest BCUT2D eigenvalue weighted by molar-refractivity contribution is 0.586. The topological polar surface area (TPSA) is 63.6 Å². The molecule has 1 aromatic carbocycles. The number of alkyl halides is 2. The molecule has 0 aliphatic rings. The SMILES string of the molecule is O=c1[nH]nnn1-c1cccc(SC(F)I)c1. The van der Waals surface area contributed by atoms with Crippen LogP contribution in [0.5, 0.6) is 0 Å². The molecule has 16 heavy (non-hydrogen) atoms. The van der Waals surface area contributed by atoms with Gasteiger partial charge in [-0.05, 0) is 51.2 Å². The summed E-state index contributed by atoms with van der Waals surface area (Å²) in [4.78, 5) is 12.0. The molecule has 8 heteroatoms. The maximum absolute atomic E-state index is 12.8. The van der Waals surface area contributed by atoms with Gasteiger partial charge in [-0.15, -0.1) is 0 Å². The Kier molecular flexibility index (Phi) is 3.59. The van der Waals surface area contributed by atoms with E-state index in [9.17, 15) is 9.18 Å². The zero-order chi connectivity index (χ0) is 11.5. The monoisotopic (exact) mass is 352 g/mol. The third-order valence-electron chi connectivity index (χ3n) is 1.76. The highest BCUT2D eigenvalue weighted by molar-refractivity contribution is 14.1. The first-order chi connectivity index (χ1) is 7.66. The molecular weight excluding hydrogens is 346 g/mol. The molecule has 1 N–H and O–H groups in total. The van der Waals surface area contributed by atoms with E-state index < -0.39 is 9.20 Å². The first kappa shape index (κ1) is 11.6. The summed E-state index contributed by atoms with van der Waals surface area (Å²) in [5.74, 6) is 0. The lowest BCUT2D eigenvalue weighted by Crippen LogP contribution is -2.15. The number of benzene rings is 1. The van der Waals surface area contributed by atoms with E-state index in [0.29, 0.717) is 5.69 Å².